The molecule has 0 spiro atoms. The molecule has 0 saturated heterocycles. The van der Waals surface area contributed by atoms with Crippen LogP contribution in [0.5, 0.6) is 0 Å². The first-order chi connectivity index (χ1) is 7.88. The summed E-state index contributed by atoms with van der Waals surface area (Å²) < 4.78 is 6.74. The van der Waals surface area contributed by atoms with Crippen LogP contribution in [0.4, 0.5) is 0 Å². The van der Waals surface area contributed by atoms with Gasteiger partial charge in [-0.1, -0.05) is 6.07 Å². The molecule has 0 amide bonds. The number of hydrogen-bond acceptors (Lipinski definition) is 4. The van der Waals surface area contributed by atoms with Gasteiger partial charge in [0.2, 0.25) is 5.28 Å². The van der Waals surface area contributed by atoms with Gasteiger partial charge >= 0.3 is 5.97 Å². The highest BCUT2D eigenvalue weighted by Gasteiger charge is 2.21. The SMILES string of the molecule is CC(C)(C)OC(=O)c1cccc2nnc(Cl)n12. The normalized spacial score (nSPS) is 11.8. The number of esters is 1. The van der Waals surface area contributed by atoms with Gasteiger partial charge in [0.15, 0.2) is 5.65 Å². The lowest BCUT2D eigenvalue weighted by Gasteiger charge is -2.19. The predicted molar refractivity (Wildman–Crippen MR) is 63.2 cm³/mol. The van der Waals surface area contributed by atoms with E-state index in [1.807, 2.05) is 0 Å². The van der Waals surface area contributed by atoms with Crippen LogP contribution in [0.3, 0.4) is 0 Å². The number of aromatic nitrogens is 3. The molecule has 5 nitrogen and oxygen atoms in total. The highest BCUT2D eigenvalue weighted by molar-refractivity contribution is 6.28. The van der Waals surface area contributed by atoms with Gasteiger partial charge in [-0.25, -0.2) is 4.79 Å². The minimum absolute atomic E-state index is 0.140. The van der Waals surface area contributed by atoms with Gasteiger partial charge in [-0.2, -0.15) is 0 Å². The monoisotopic (exact) mass is 253 g/mol. The molecule has 0 fully saturated rings. The van der Waals surface area contributed by atoms with Gasteiger partial charge in [0.25, 0.3) is 0 Å². The lowest BCUT2D eigenvalue weighted by atomic mass is 10.2. The van der Waals surface area contributed by atoms with Crippen LogP contribution in [0.2, 0.25) is 5.28 Å². The molecule has 0 aliphatic carbocycles. The third-order valence-corrected chi connectivity index (χ3v) is 2.24. The molecule has 0 aliphatic rings. The minimum Gasteiger partial charge on any atom is -0.455 e. The van der Waals surface area contributed by atoms with Crippen molar-refractivity contribution in [2.45, 2.75) is 26.4 Å². The van der Waals surface area contributed by atoms with Crippen molar-refractivity contribution in [1.82, 2.24) is 14.6 Å². The number of ether oxygens (including phenoxy) is 1. The molecule has 2 rings (SSSR count). The molecule has 0 unspecified atom stereocenters. The smallest absolute Gasteiger partial charge is 0.355 e. The lowest BCUT2D eigenvalue weighted by molar-refractivity contribution is 0.00611. The Balaban J connectivity index is 2.48. The first-order valence-electron chi connectivity index (χ1n) is 5.11. The summed E-state index contributed by atoms with van der Waals surface area (Å²) in [6.07, 6.45) is 0. The number of halogens is 1. The molecule has 0 radical (unpaired) electrons. The summed E-state index contributed by atoms with van der Waals surface area (Å²) in [6.45, 7) is 5.41. The number of carbonyl (C=O) groups excluding carboxylic acids is 1. The van der Waals surface area contributed by atoms with Gasteiger partial charge in [0.1, 0.15) is 11.3 Å². The summed E-state index contributed by atoms with van der Waals surface area (Å²) in [5.74, 6) is -0.454. The molecule has 2 heterocycles. The van der Waals surface area contributed by atoms with Crippen LogP contribution in [0.15, 0.2) is 18.2 Å². The Bertz CT molecular complexity index is 572. The van der Waals surface area contributed by atoms with Crippen molar-refractivity contribution in [1.29, 1.82) is 0 Å². The Kier molecular flexibility index (Phi) is 2.79. The first-order valence-corrected chi connectivity index (χ1v) is 5.49. The standard InChI is InChI=1S/C11H12ClN3O2/c1-11(2,3)17-9(16)7-5-4-6-8-13-14-10(12)15(7)8/h4-6H,1-3H3. The van der Waals surface area contributed by atoms with E-state index in [1.165, 1.54) is 4.40 Å². The van der Waals surface area contributed by atoms with Crippen LogP contribution in [0.1, 0.15) is 31.3 Å². The maximum absolute atomic E-state index is 12.0. The molecule has 2 aromatic rings. The Morgan fingerprint density at radius 2 is 2.06 bits per heavy atom. The number of hydrogen-bond donors (Lipinski definition) is 0. The summed E-state index contributed by atoms with van der Waals surface area (Å²) in [5.41, 5.74) is 0.269. The quantitative estimate of drug-likeness (QED) is 0.732. The fraction of sp³-hybridized carbons (Fsp3) is 0.364. The fourth-order valence-electron chi connectivity index (χ4n) is 1.40. The Morgan fingerprint density at radius 3 is 2.71 bits per heavy atom. The second-order valence-electron chi connectivity index (χ2n) is 4.58. The van der Waals surface area contributed by atoms with E-state index in [0.717, 1.165) is 0 Å². The summed E-state index contributed by atoms with van der Waals surface area (Å²) in [7, 11) is 0. The van der Waals surface area contributed by atoms with Gasteiger partial charge < -0.3 is 4.74 Å². The van der Waals surface area contributed by atoms with Crippen molar-refractivity contribution in [2.75, 3.05) is 0 Å². The third kappa shape index (κ3) is 2.39. The van der Waals surface area contributed by atoms with E-state index in [-0.39, 0.29) is 5.28 Å². The molecule has 2 aromatic heterocycles. The second-order valence-corrected chi connectivity index (χ2v) is 4.91. The van der Waals surface area contributed by atoms with Crippen molar-refractivity contribution in [3.05, 3.63) is 29.2 Å². The van der Waals surface area contributed by atoms with E-state index in [2.05, 4.69) is 10.2 Å². The fourth-order valence-corrected chi connectivity index (χ4v) is 1.61. The molecule has 90 valence electrons. The Morgan fingerprint density at radius 1 is 1.35 bits per heavy atom. The van der Waals surface area contributed by atoms with Crippen molar-refractivity contribution >= 4 is 23.2 Å². The van der Waals surface area contributed by atoms with E-state index in [4.69, 9.17) is 16.3 Å². The van der Waals surface area contributed by atoms with Crippen molar-refractivity contribution in [3.8, 4) is 0 Å². The summed E-state index contributed by atoms with van der Waals surface area (Å²) >= 11 is 5.87. The second kappa shape index (κ2) is 4.00. The predicted octanol–water partition coefficient (Wildman–Crippen LogP) is 2.34. The van der Waals surface area contributed by atoms with Gasteiger partial charge in [0.05, 0.1) is 0 Å². The van der Waals surface area contributed by atoms with Gasteiger partial charge in [-0.3, -0.25) is 4.40 Å². The number of rotatable bonds is 1. The molecule has 0 atom stereocenters. The van der Waals surface area contributed by atoms with Crippen LogP contribution < -0.4 is 0 Å². The zero-order valence-electron chi connectivity index (χ0n) is 9.77. The third-order valence-electron chi connectivity index (χ3n) is 2.00. The van der Waals surface area contributed by atoms with E-state index in [0.29, 0.717) is 11.3 Å². The molecule has 17 heavy (non-hydrogen) atoms. The van der Waals surface area contributed by atoms with Gasteiger partial charge in [-0.15, -0.1) is 10.2 Å². The van der Waals surface area contributed by atoms with Crippen LogP contribution in [0, 0.1) is 0 Å². The molecule has 0 saturated carbocycles. The van der Waals surface area contributed by atoms with Gasteiger partial charge in [0, 0.05) is 0 Å². The molecule has 6 heteroatoms. The topological polar surface area (TPSA) is 56.5 Å². The van der Waals surface area contributed by atoms with Crippen LogP contribution in [-0.2, 0) is 4.74 Å². The summed E-state index contributed by atoms with van der Waals surface area (Å²) in [4.78, 5) is 12.0. The molecule has 0 N–H and O–H groups in total. The molecular formula is C11H12ClN3O2. The summed E-state index contributed by atoms with van der Waals surface area (Å²) in [5, 5.41) is 7.68. The van der Waals surface area contributed by atoms with Crippen molar-refractivity contribution < 1.29 is 9.53 Å². The number of nitrogens with zero attached hydrogens (tertiary/aromatic N) is 3. The average molecular weight is 254 g/mol. The van der Waals surface area contributed by atoms with Crippen LogP contribution >= 0.6 is 11.6 Å². The minimum atomic E-state index is -0.556. The number of carbonyl (C=O) groups is 1. The van der Waals surface area contributed by atoms with Crippen LogP contribution in [0.25, 0.3) is 5.65 Å². The largest absolute Gasteiger partial charge is 0.455 e. The zero-order valence-corrected chi connectivity index (χ0v) is 10.5. The van der Waals surface area contributed by atoms with E-state index in [9.17, 15) is 4.79 Å². The van der Waals surface area contributed by atoms with Crippen LogP contribution in [-0.4, -0.2) is 26.2 Å². The highest BCUT2D eigenvalue weighted by atomic mass is 35.5. The van der Waals surface area contributed by atoms with E-state index >= 15 is 0 Å². The van der Waals surface area contributed by atoms with Gasteiger partial charge in [-0.05, 0) is 44.5 Å². The maximum Gasteiger partial charge on any atom is 0.355 e. The molecular weight excluding hydrogens is 242 g/mol. The van der Waals surface area contributed by atoms with Crippen molar-refractivity contribution in [2.24, 2.45) is 0 Å². The Hall–Kier alpha value is -1.62. The molecule has 0 aromatic carbocycles. The van der Waals surface area contributed by atoms with E-state index in [1.54, 1.807) is 39.0 Å². The summed E-state index contributed by atoms with van der Waals surface area (Å²) in [6, 6.07) is 5.04. The Labute approximate surface area is 103 Å². The first kappa shape index (κ1) is 11.9. The maximum atomic E-state index is 12.0. The number of pyridine rings is 1. The highest BCUT2D eigenvalue weighted by Crippen LogP contribution is 2.16. The average Bonchev–Trinajstić information content (AvgIpc) is 2.58. The number of fused-ring (bicyclic) bond motifs is 1. The lowest BCUT2D eigenvalue weighted by Crippen LogP contribution is -2.25. The van der Waals surface area contributed by atoms with E-state index < -0.39 is 11.6 Å². The zero-order chi connectivity index (χ0) is 12.6. The van der Waals surface area contributed by atoms with Crippen molar-refractivity contribution in [3.63, 3.8) is 0 Å². The molecule has 0 aliphatic heterocycles. The molecule has 0 bridgehead atoms.